The Morgan fingerprint density at radius 3 is 1.14 bits per heavy atom. The topological polar surface area (TPSA) is 20.2 Å². The van der Waals surface area contributed by atoms with Gasteiger partial charge in [-0.05, 0) is 6.92 Å². The summed E-state index contributed by atoms with van der Waals surface area (Å²) in [6.45, 7) is 0.488. The molecule has 128 valence electrons. The van der Waals surface area contributed by atoms with E-state index in [2.05, 4.69) is 0 Å². The summed E-state index contributed by atoms with van der Waals surface area (Å²) in [6, 6.07) is 0. The molecule has 0 aliphatic heterocycles. The number of hydrogen-bond acceptors (Lipinski definition) is 1. The molecule has 1 nitrogen and oxygen atoms in total. The number of hydrogen-bond donors (Lipinski definition) is 1. The molecule has 0 fully saturated rings. The van der Waals surface area contributed by atoms with Gasteiger partial charge in [-0.25, -0.2) is 4.39 Å². The molecule has 12 heteroatoms. The fourth-order valence-electron chi connectivity index (χ4n) is 1.34. The van der Waals surface area contributed by atoms with E-state index in [-0.39, 0.29) is 6.92 Å². The van der Waals surface area contributed by atoms with Crippen LogP contribution in [0.4, 0.5) is 48.3 Å². The lowest BCUT2D eigenvalue weighted by Crippen LogP contribution is -2.71. The van der Waals surface area contributed by atoms with Crippen molar-refractivity contribution in [2.45, 2.75) is 49.8 Å². The van der Waals surface area contributed by atoms with Crippen LogP contribution < -0.4 is 0 Å². The maximum atomic E-state index is 13.3. The highest BCUT2D eigenvalue weighted by Crippen LogP contribution is 2.60. The Labute approximate surface area is 110 Å². The molecule has 0 aromatic rings. The van der Waals surface area contributed by atoms with Crippen molar-refractivity contribution in [3.63, 3.8) is 0 Å². The van der Waals surface area contributed by atoms with Crippen LogP contribution in [0, 0.1) is 5.92 Å². The van der Waals surface area contributed by atoms with Crippen molar-refractivity contribution in [3.8, 4) is 0 Å². The fourth-order valence-corrected chi connectivity index (χ4v) is 1.34. The van der Waals surface area contributed by atoms with E-state index in [0.29, 0.717) is 6.92 Å². The summed E-state index contributed by atoms with van der Waals surface area (Å²) in [5.74, 6) is -16.4. The van der Waals surface area contributed by atoms with Crippen LogP contribution >= 0.6 is 0 Å². The minimum atomic E-state index is -7.47. The first-order valence-electron chi connectivity index (χ1n) is 5.11. The molecule has 0 aliphatic carbocycles. The second-order valence-corrected chi connectivity index (χ2v) is 4.38. The molecule has 21 heavy (non-hydrogen) atoms. The van der Waals surface area contributed by atoms with Crippen molar-refractivity contribution >= 4 is 0 Å². The number of aliphatic hydroxyl groups is 1. The summed E-state index contributed by atoms with van der Waals surface area (Å²) in [5, 5.41) is 8.69. The molecule has 1 N–H and O–H groups in total. The first-order chi connectivity index (χ1) is 8.85. The first-order valence-corrected chi connectivity index (χ1v) is 5.11. The summed E-state index contributed by atoms with van der Waals surface area (Å²) in [6.07, 6.45) is -17.1. The third-order valence-corrected chi connectivity index (χ3v) is 2.93. The fraction of sp³-hybridized carbons (Fsp3) is 1.00. The van der Waals surface area contributed by atoms with Gasteiger partial charge in [0.25, 0.3) is 0 Å². The minimum Gasteiger partial charge on any atom is -0.393 e. The Hall–Kier alpha value is -0.810. The average Bonchev–Trinajstić information content (AvgIpc) is 2.22. The minimum absolute atomic E-state index is 0.0613. The first kappa shape index (κ1) is 20.2. The molecule has 2 atom stereocenters. The molecule has 2 unspecified atom stereocenters. The van der Waals surface area contributed by atoms with E-state index in [9.17, 15) is 48.3 Å². The Balaban J connectivity index is 6.28. The van der Waals surface area contributed by atoms with Gasteiger partial charge in [0.2, 0.25) is 0 Å². The molecule has 0 bridgehead atoms. The SMILES string of the molecule is CC(O)C(C)C(F)(F)C(F)(F)C(F)(C(F)(F)F)C(F)(F)F. The van der Waals surface area contributed by atoms with E-state index >= 15 is 0 Å². The molecule has 0 aliphatic rings. The largest absolute Gasteiger partial charge is 0.438 e. The van der Waals surface area contributed by atoms with Gasteiger partial charge in [0, 0.05) is 0 Å². The molecular formula is C9H9F11O. The van der Waals surface area contributed by atoms with Crippen LogP contribution in [0.1, 0.15) is 13.8 Å². The zero-order valence-corrected chi connectivity index (χ0v) is 10.3. The molecule has 0 heterocycles. The van der Waals surface area contributed by atoms with Gasteiger partial charge in [-0.15, -0.1) is 0 Å². The monoisotopic (exact) mass is 342 g/mol. The highest BCUT2D eigenvalue weighted by Gasteiger charge is 2.90. The Morgan fingerprint density at radius 2 is 0.952 bits per heavy atom. The highest BCUT2D eigenvalue weighted by molar-refractivity contribution is 5.12. The van der Waals surface area contributed by atoms with Gasteiger partial charge in [-0.1, -0.05) is 6.92 Å². The summed E-state index contributed by atoms with van der Waals surface area (Å²) in [4.78, 5) is 0. The quantitative estimate of drug-likeness (QED) is 0.763. The van der Waals surface area contributed by atoms with Gasteiger partial charge in [0.1, 0.15) is 0 Å². The lowest BCUT2D eigenvalue weighted by Gasteiger charge is -2.42. The predicted octanol–water partition coefficient (Wildman–Crippen LogP) is 4.11. The van der Waals surface area contributed by atoms with Gasteiger partial charge >= 0.3 is 29.9 Å². The van der Waals surface area contributed by atoms with Crippen molar-refractivity contribution in [2.24, 2.45) is 5.92 Å². The van der Waals surface area contributed by atoms with Crippen molar-refractivity contribution < 1.29 is 53.4 Å². The Kier molecular flexibility index (Phi) is 4.93. The van der Waals surface area contributed by atoms with Gasteiger partial charge in [0.05, 0.1) is 12.0 Å². The second kappa shape index (κ2) is 5.13. The molecule has 0 spiro atoms. The smallest absolute Gasteiger partial charge is 0.393 e. The molecule has 0 saturated heterocycles. The molecule has 0 radical (unpaired) electrons. The summed E-state index contributed by atoms with van der Waals surface area (Å²) >= 11 is 0. The van der Waals surface area contributed by atoms with Gasteiger partial charge in [-0.3, -0.25) is 0 Å². The van der Waals surface area contributed by atoms with Crippen LogP contribution in [0.25, 0.3) is 0 Å². The average molecular weight is 342 g/mol. The van der Waals surface area contributed by atoms with Gasteiger partial charge < -0.3 is 5.11 Å². The summed E-state index contributed by atoms with van der Waals surface area (Å²) in [5.41, 5.74) is -7.47. The van der Waals surface area contributed by atoms with Gasteiger partial charge in [-0.2, -0.15) is 43.9 Å². The molecule has 0 amide bonds. The number of rotatable bonds is 4. The standard InChI is InChI=1S/C9H9F11O/c1-3(4(2)21)5(10,11)7(13,14)6(12,8(15,16)17)9(18,19)20/h3-4,21H,1-2H3. The predicted molar refractivity (Wildman–Crippen MR) is 46.7 cm³/mol. The lowest BCUT2D eigenvalue weighted by atomic mass is 9.83. The van der Waals surface area contributed by atoms with Crippen molar-refractivity contribution in [3.05, 3.63) is 0 Å². The van der Waals surface area contributed by atoms with Crippen LogP contribution in [0.2, 0.25) is 0 Å². The third kappa shape index (κ3) is 2.78. The van der Waals surface area contributed by atoms with E-state index < -0.39 is 41.9 Å². The van der Waals surface area contributed by atoms with E-state index in [4.69, 9.17) is 5.11 Å². The van der Waals surface area contributed by atoms with Crippen molar-refractivity contribution in [2.75, 3.05) is 0 Å². The van der Waals surface area contributed by atoms with Crippen LogP contribution in [0.5, 0.6) is 0 Å². The van der Waals surface area contributed by atoms with Crippen LogP contribution in [0.3, 0.4) is 0 Å². The van der Waals surface area contributed by atoms with Crippen molar-refractivity contribution in [1.29, 1.82) is 0 Å². The molecule has 0 rings (SSSR count). The molecule has 0 aromatic heterocycles. The van der Waals surface area contributed by atoms with Gasteiger partial charge in [0.15, 0.2) is 0 Å². The van der Waals surface area contributed by atoms with Crippen LogP contribution in [-0.2, 0) is 0 Å². The lowest BCUT2D eigenvalue weighted by molar-refractivity contribution is -0.432. The molecular weight excluding hydrogens is 333 g/mol. The Morgan fingerprint density at radius 1 is 0.667 bits per heavy atom. The van der Waals surface area contributed by atoms with E-state index in [1.54, 1.807) is 0 Å². The zero-order valence-electron chi connectivity index (χ0n) is 10.3. The summed E-state index contributed by atoms with van der Waals surface area (Å²) in [7, 11) is 0. The van der Waals surface area contributed by atoms with Crippen LogP contribution in [0.15, 0.2) is 0 Å². The van der Waals surface area contributed by atoms with Crippen LogP contribution in [-0.4, -0.2) is 41.1 Å². The maximum absolute atomic E-state index is 13.3. The maximum Gasteiger partial charge on any atom is 0.438 e. The van der Waals surface area contributed by atoms with E-state index in [0.717, 1.165) is 0 Å². The highest BCUT2D eigenvalue weighted by atomic mass is 19.4. The normalized spacial score (nSPS) is 18.6. The number of alkyl halides is 11. The Bertz CT molecular complexity index is 353. The zero-order chi connectivity index (χ0) is 17.7. The summed E-state index contributed by atoms with van der Waals surface area (Å²) < 4.78 is 139. The number of aliphatic hydroxyl groups excluding tert-OH is 1. The molecule has 0 saturated carbocycles. The second-order valence-electron chi connectivity index (χ2n) is 4.38. The molecule has 0 aromatic carbocycles. The van der Waals surface area contributed by atoms with E-state index in [1.165, 1.54) is 0 Å². The third-order valence-electron chi connectivity index (χ3n) is 2.93. The van der Waals surface area contributed by atoms with E-state index in [1.807, 2.05) is 0 Å². The van der Waals surface area contributed by atoms with Crippen molar-refractivity contribution in [1.82, 2.24) is 0 Å². The number of halogens is 11.